The van der Waals surface area contributed by atoms with E-state index in [4.69, 9.17) is 0 Å². The predicted molar refractivity (Wildman–Crippen MR) is 133 cm³/mol. The predicted octanol–water partition coefficient (Wildman–Crippen LogP) is 5.81. The number of allylic oxidation sites excluding steroid dienone is 1. The molecule has 4 aromatic rings. The minimum absolute atomic E-state index is 0.660. The molecule has 1 fully saturated rings. The Morgan fingerprint density at radius 2 is 1.43 bits per heavy atom. The van der Waals surface area contributed by atoms with E-state index in [2.05, 4.69) is 81.4 Å². The standard InChI is InChI=1S/C25H24BNS3/c1-2-9-19(10-3-1)24-20-11-4-5-15-27(20)26(22-13-7-17-29-22,23-14-8-18-30-23)25(24)21-12-6-16-28-21/h4-8,11-19H,1-3,9-10H2. The van der Waals surface area contributed by atoms with Crippen LogP contribution in [0.5, 0.6) is 0 Å². The lowest BCUT2D eigenvalue weighted by atomic mass is 9.29. The van der Waals surface area contributed by atoms with Gasteiger partial charge in [0.15, 0.2) is 5.69 Å². The van der Waals surface area contributed by atoms with Gasteiger partial charge in [-0.05, 0) is 57.5 Å². The molecular formula is C25H24BNS3. The number of hydrogen-bond donors (Lipinski definition) is 0. The molecular weight excluding hydrogens is 421 g/mol. The summed E-state index contributed by atoms with van der Waals surface area (Å²) in [7, 11) is 0. The molecule has 0 radical (unpaired) electrons. The lowest BCUT2D eigenvalue weighted by Gasteiger charge is -2.32. The van der Waals surface area contributed by atoms with Gasteiger partial charge >= 0.3 is 6.28 Å². The number of hydrogen-bond acceptors (Lipinski definition) is 3. The zero-order chi connectivity index (χ0) is 20.0. The van der Waals surface area contributed by atoms with Crippen LogP contribution in [0.1, 0.15) is 42.7 Å². The Hall–Kier alpha value is -1.95. The minimum Gasteiger partial charge on any atom is -0.407 e. The molecule has 0 aromatic carbocycles. The first kappa shape index (κ1) is 18.8. The van der Waals surface area contributed by atoms with Crippen LogP contribution in [0, 0.1) is 5.92 Å². The van der Waals surface area contributed by atoms with Gasteiger partial charge in [-0.1, -0.05) is 70.7 Å². The van der Waals surface area contributed by atoms with E-state index >= 15 is 0 Å². The molecule has 0 N–H and O–H groups in total. The second-order valence-electron chi connectivity index (χ2n) is 8.48. The van der Waals surface area contributed by atoms with Gasteiger partial charge in [0.25, 0.3) is 0 Å². The van der Waals surface area contributed by atoms with Crippen LogP contribution in [-0.4, -0.2) is 6.28 Å². The highest BCUT2D eigenvalue weighted by Gasteiger charge is 2.54. The van der Waals surface area contributed by atoms with Gasteiger partial charge in [-0.2, -0.15) is 22.7 Å². The summed E-state index contributed by atoms with van der Waals surface area (Å²) in [5, 5.41) is 6.75. The molecule has 0 saturated heterocycles. The molecule has 2 aliphatic rings. The van der Waals surface area contributed by atoms with Crippen molar-refractivity contribution >= 4 is 60.9 Å². The fourth-order valence-corrected chi connectivity index (χ4v) is 8.87. The average molecular weight is 445 g/mol. The number of fused-ring (bicyclic) bond motifs is 1. The highest BCUT2D eigenvalue weighted by Crippen LogP contribution is 2.46. The van der Waals surface area contributed by atoms with Crippen molar-refractivity contribution in [3.8, 4) is 0 Å². The van der Waals surface area contributed by atoms with Gasteiger partial charge < -0.3 is 4.48 Å². The van der Waals surface area contributed by atoms with E-state index in [0.717, 1.165) is 0 Å². The van der Waals surface area contributed by atoms with Crippen LogP contribution in [0.2, 0.25) is 0 Å². The summed E-state index contributed by atoms with van der Waals surface area (Å²) in [5.74, 6) is 0.660. The molecule has 0 bridgehead atoms. The first-order valence-electron chi connectivity index (χ1n) is 10.9. The quantitative estimate of drug-likeness (QED) is 0.349. The summed E-state index contributed by atoms with van der Waals surface area (Å²) < 4.78 is 5.60. The highest BCUT2D eigenvalue weighted by molar-refractivity contribution is 7.39. The molecule has 1 saturated carbocycles. The van der Waals surface area contributed by atoms with Crippen molar-refractivity contribution in [2.75, 3.05) is 0 Å². The molecule has 1 aliphatic heterocycles. The van der Waals surface area contributed by atoms with Gasteiger partial charge in [0.1, 0.15) is 6.20 Å². The summed E-state index contributed by atoms with van der Waals surface area (Å²) >= 11 is 5.74. The molecule has 5 heteroatoms. The molecule has 6 rings (SSSR count). The van der Waals surface area contributed by atoms with Crippen molar-refractivity contribution in [3.05, 3.63) is 87.5 Å². The zero-order valence-electron chi connectivity index (χ0n) is 16.9. The minimum atomic E-state index is -1.20. The molecule has 0 spiro atoms. The van der Waals surface area contributed by atoms with Crippen LogP contribution in [0.3, 0.4) is 0 Å². The van der Waals surface area contributed by atoms with E-state index in [9.17, 15) is 0 Å². The van der Waals surface area contributed by atoms with Gasteiger partial charge in [-0.25, -0.2) is 0 Å². The van der Waals surface area contributed by atoms with Crippen molar-refractivity contribution in [1.29, 1.82) is 0 Å². The Kier molecular flexibility index (Phi) is 4.78. The monoisotopic (exact) mass is 445 g/mol. The number of thiophene rings is 3. The molecule has 0 amide bonds. The van der Waals surface area contributed by atoms with Crippen LogP contribution >= 0.6 is 34.0 Å². The topological polar surface area (TPSA) is 3.88 Å². The maximum absolute atomic E-state index is 2.65. The molecule has 0 unspecified atom stereocenters. The first-order valence-corrected chi connectivity index (χ1v) is 13.6. The van der Waals surface area contributed by atoms with Crippen molar-refractivity contribution in [2.45, 2.75) is 32.1 Å². The second-order valence-corrected chi connectivity index (χ2v) is 11.4. The molecule has 1 aliphatic carbocycles. The molecule has 5 heterocycles. The summed E-state index contributed by atoms with van der Waals surface area (Å²) in [5.41, 5.74) is 4.65. The summed E-state index contributed by atoms with van der Waals surface area (Å²) in [4.78, 5) is 1.45. The highest BCUT2D eigenvalue weighted by atomic mass is 32.1. The molecule has 30 heavy (non-hydrogen) atoms. The Balaban J connectivity index is 1.75. The van der Waals surface area contributed by atoms with Crippen LogP contribution in [0.15, 0.2) is 76.9 Å². The van der Waals surface area contributed by atoms with Crippen LogP contribution < -0.4 is 14.0 Å². The fraction of sp³-hybridized carbons (Fsp3) is 0.240. The Morgan fingerprint density at radius 1 is 0.733 bits per heavy atom. The second kappa shape index (κ2) is 7.63. The first-order chi connectivity index (χ1) is 14.9. The number of pyridine rings is 1. The van der Waals surface area contributed by atoms with E-state index in [0.29, 0.717) is 5.92 Å². The Labute approximate surface area is 190 Å². The third-order valence-corrected chi connectivity index (χ3v) is 9.99. The normalized spacial score (nSPS) is 18.7. The van der Waals surface area contributed by atoms with E-state index < -0.39 is 6.28 Å². The third-order valence-electron chi connectivity index (χ3n) is 7.00. The van der Waals surface area contributed by atoms with E-state index in [-0.39, 0.29) is 0 Å². The maximum Gasteiger partial charge on any atom is 0.380 e. The van der Waals surface area contributed by atoms with Gasteiger partial charge in [-0.3, -0.25) is 0 Å². The Morgan fingerprint density at radius 3 is 2.07 bits per heavy atom. The van der Waals surface area contributed by atoms with Crippen molar-refractivity contribution in [2.24, 2.45) is 5.92 Å². The summed E-state index contributed by atoms with van der Waals surface area (Å²) in [6.07, 6.45) is 7.89. The maximum atomic E-state index is 2.65. The van der Waals surface area contributed by atoms with Crippen LogP contribution in [0.4, 0.5) is 0 Å². The molecule has 1 nitrogen and oxygen atoms in total. The average Bonchev–Trinajstić information content (AvgIpc) is 3.60. The largest absolute Gasteiger partial charge is 0.407 e. The third kappa shape index (κ3) is 2.68. The summed E-state index contributed by atoms with van der Waals surface area (Å²) in [6.45, 7) is 0. The zero-order valence-corrected chi connectivity index (χ0v) is 19.3. The Bertz CT molecular complexity index is 1130. The van der Waals surface area contributed by atoms with Crippen LogP contribution in [0.25, 0.3) is 11.0 Å². The SMILES string of the molecule is c1csc(C2=C(C3CCCCC3)c3cccc[n+]3[B-]2(c2cccs2)c2cccs2)c1. The lowest BCUT2D eigenvalue weighted by Crippen LogP contribution is -2.76. The van der Waals surface area contributed by atoms with Crippen molar-refractivity contribution < 1.29 is 4.48 Å². The van der Waals surface area contributed by atoms with E-state index in [1.54, 1.807) is 11.0 Å². The van der Waals surface area contributed by atoms with Gasteiger partial charge in [0, 0.05) is 6.07 Å². The molecule has 150 valence electrons. The molecule has 0 atom stereocenters. The van der Waals surface area contributed by atoms with Gasteiger partial charge in [0.05, 0.1) is 0 Å². The fourth-order valence-electron chi connectivity index (χ4n) is 5.87. The van der Waals surface area contributed by atoms with E-state index in [1.807, 2.05) is 34.0 Å². The number of nitrogens with zero attached hydrogens (tertiary/aromatic N) is 1. The number of rotatable bonds is 4. The van der Waals surface area contributed by atoms with Crippen molar-refractivity contribution in [3.63, 3.8) is 0 Å². The molecule has 4 aromatic heterocycles. The van der Waals surface area contributed by atoms with E-state index in [1.165, 1.54) is 52.2 Å². The van der Waals surface area contributed by atoms with Gasteiger partial charge in [-0.15, -0.1) is 11.3 Å². The van der Waals surface area contributed by atoms with Gasteiger partial charge in [0.2, 0.25) is 0 Å². The van der Waals surface area contributed by atoms with Crippen molar-refractivity contribution in [1.82, 2.24) is 0 Å². The van der Waals surface area contributed by atoms with Crippen LogP contribution in [-0.2, 0) is 0 Å². The number of aromatic nitrogens is 1. The lowest BCUT2D eigenvalue weighted by molar-refractivity contribution is -0.539. The summed E-state index contributed by atoms with van der Waals surface area (Å²) in [6, 6.07) is 20.6. The smallest absolute Gasteiger partial charge is 0.380 e.